The molecule has 182 valence electrons. The lowest BCUT2D eigenvalue weighted by molar-refractivity contribution is -0.123. The molecule has 0 aliphatic rings. The highest BCUT2D eigenvalue weighted by atomic mass is 35.5. The molecule has 0 radical (unpaired) electrons. The normalized spacial score (nSPS) is 11.0. The van der Waals surface area contributed by atoms with Crippen molar-refractivity contribution in [2.75, 3.05) is 6.61 Å². The minimum Gasteiger partial charge on any atom is -0.484 e. The van der Waals surface area contributed by atoms with E-state index in [2.05, 4.69) is 17.5 Å². The van der Waals surface area contributed by atoms with Crippen molar-refractivity contribution >= 4 is 52.1 Å². The lowest BCUT2D eigenvalue weighted by atomic mass is 10.0. The number of ether oxygens (including phenoxy) is 2. The molecule has 0 heterocycles. The molecule has 0 bridgehead atoms. The molecule has 0 aromatic heterocycles. The molecule has 0 spiro atoms. The number of hydrogen-bond donors (Lipinski definition) is 1. The molecule has 0 fully saturated rings. The number of carbonyl (C=O) groups is 2. The molecule has 0 unspecified atom stereocenters. The lowest BCUT2D eigenvalue weighted by Gasteiger charge is -2.11. The fourth-order valence-electron chi connectivity index (χ4n) is 3.48. The summed E-state index contributed by atoms with van der Waals surface area (Å²) < 4.78 is 11.2. The van der Waals surface area contributed by atoms with Crippen LogP contribution in [0.4, 0.5) is 0 Å². The number of amides is 1. The first-order valence-corrected chi connectivity index (χ1v) is 11.9. The summed E-state index contributed by atoms with van der Waals surface area (Å²) in [5, 5.41) is 6.35. The summed E-state index contributed by atoms with van der Waals surface area (Å²) in [6.07, 6.45) is 2.36. The van der Waals surface area contributed by atoms with Crippen molar-refractivity contribution in [3.05, 3.63) is 106 Å². The van der Waals surface area contributed by atoms with E-state index >= 15 is 0 Å². The number of hydrazone groups is 1. The maximum Gasteiger partial charge on any atom is 0.345 e. The van der Waals surface area contributed by atoms with Gasteiger partial charge in [0.1, 0.15) is 11.5 Å². The Hall–Kier alpha value is -3.87. The molecule has 8 heteroatoms. The van der Waals surface area contributed by atoms with Crippen LogP contribution in [0.1, 0.15) is 28.4 Å². The molecular weight excluding hydrogens is 499 g/mol. The Labute approximate surface area is 218 Å². The second-order valence-corrected chi connectivity index (χ2v) is 8.64. The van der Waals surface area contributed by atoms with E-state index in [0.717, 1.165) is 17.2 Å². The predicted octanol–water partition coefficient (Wildman–Crippen LogP) is 6.46. The lowest BCUT2D eigenvalue weighted by Crippen LogP contribution is -2.24. The highest BCUT2D eigenvalue weighted by molar-refractivity contribution is 6.36. The fourth-order valence-corrected chi connectivity index (χ4v) is 3.96. The minimum absolute atomic E-state index is 0.175. The standard InChI is InChI=1S/C28H22Cl2N2O4/c1-2-18-7-11-21(12-8-18)35-17-27(33)32-31-16-24-22-6-4-3-5-19(22)9-14-26(24)36-28(34)23-13-10-20(29)15-25(23)30/h3-16H,2,17H2,1H3,(H,32,33). The van der Waals surface area contributed by atoms with Gasteiger partial charge < -0.3 is 9.47 Å². The van der Waals surface area contributed by atoms with Crippen LogP contribution >= 0.6 is 23.2 Å². The van der Waals surface area contributed by atoms with Crippen LogP contribution in [-0.2, 0) is 11.2 Å². The van der Waals surface area contributed by atoms with Crippen LogP contribution in [-0.4, -0.2) is 24.7 Å². The number of hydrogen-bond acceptors (Lipinski definition) is 5. The van der Waals surface area contributed by atoms with Crippen LogP contribution in [0.3, 0.4) is 0 Å². The first-order chi connectivity index (χ1) is 17.4. The second-order valence-electron chi connectivity index (χ2n) is 7.79. The number of esters is 1. The van der Waals surface area contributed by atoms with Crippen molar-refractivity contribution in [1.29, 1.82) is 0 Å². The van der Waals surface area contributed by atoms with Crippen molar-refractivity contribution in [2.24, 2.45) is 5.10 Å². The summed E-state index contributed by atoms with van der Waals surface area (Å²) in [4.78, 5) is 25.0. The van der Waals surface area contributed by atoms with E-state index in [0.29, 0.717) is 16.3 Å². The summed E-state index contributed by atoms with van der Waals surface area (Å²) in [6, 6.07) is 23.1. The van der Waals surface area contributed by atoms with Crippen molar-refractivity contribution in [3.8, 4) is 11.5 Å². The zero-order valence-electron chi connectivity index (χ0n) is 19.3. The van der Waals surface area contributed by atoms with Crippen molar-refractivity contribution in [1.82, 2.24) is 5.43 Å². The van der Waals surface area contributed by atoms with E-state index in [1.54, 1.807) is 12.1 Å². The quantitative estimate of drug-likeness (QED) is 0.125. The third-order valence-electron chi connectivity index (χ3n) is 5.37. The van der Waals surface area contributed by atoms with E-state index in [-0.39, 0.29) is 22.9 Å². The molecule has 6 nitrogen and oxygen atoms in total. The van der Waals surface area contributed by atoms with Crippen LogP contribution in [0, 0.1) is 0 Å². The van der Waals surface area contributed by atoms with E-state index < -0.39 is 11.9 Å². The summed E-state index contributed by atoms with van der Waals surface area (Å²) in [6.45, 7) is 1.87. The molecule has 0 aliphatic heterocycles. The van der Waals surface area contributed by atoms with E-state index in [1.165, 1.54) is 23.9 Å². The number of fused-ring (bicyclic) bond motifs is 1. The third kappa shape index (κ3) is 6.22. The summed E-state index contributed by atoms with van der Waals surface area (Å²) >= 11 is 12.1. The Kier molecular flexibility index (Phi) is 8.21. The van der Waals surface area contributed by atoms with Crippen molar-refractivity contribution < 1.29 is 19.1 Å². The Morgan fingerprint density at radius 3 is 2.50 bits per heavy atom. The minimum atomic E-state index is -0.645. The first-order valence-electron chi connectivity index (χ1n) is 11.2. The summed E-state index contributed by atoms with van der Waals surface area (Å²) in [5.74, 6) is -0.226. The topological polar surface area (TPSA) is 77.0 Å². The van der Waals surface area contributed by atoms with Crippen LogP contribution in [0.5, 0.6) is 11.5 Å². The van der Waals surface area contributed by atoms with Crippen LogP contribution in [0.25, 0.3) is 10.8 Å². The van der Waals surface area contributed by atoms with Gasteiger partial charge in [0.2, 0.25) is 0 Å². The smallest absolute Gasteiger partial charge is 0.345 e. The van der Waals surface area contributed by atoms with Crippen LogP contribution < -0.4 is 14.9 Å². The molecule has 1 amide bonds. The molecule has 4 rings (SSSR count). The summed E-state index contributed by atoms with van der Waals surface area (Å²) in [5.41, 5.74) is 4.32. The molecule has 4 aromatic carbocycles. The van der Waals surface area contributed by atoms with Gasteiger partial charge in [-0.05, 0) is 59.2 Å². The van der Waals surface area contributed by atoms with Crippen molar-refractivity contribution in [3.63, 3.8) is 0 Å². The zero-order valence-corrected chi connectivity index (χ0v) is 20.8. The van der Waals surface area contributed by atoms with Gasteiger partial charge in [-0.2, -0.15) is 5.10 Å². The Bertz CT molecular complexity index is 1440. The Balaban J connectivity index is 1.50. The van der Waals surface area contributed by atoms with Gasteiger partial charge in [-0.3, -0.25) is 4.79 Å². The monoisotopic (exact) mass is 520 g/mol. The Morgan fingerprint density at radius 1 is 0.972 bits per heavy atom. The third-order valence-corrected chi connectivity index (χ3v) is 5.92. The average Bonchev–Trinajstić information content (AvgIpc) is 2.88. The van der Waals surface area contributed by atoms with Gasteiger partial charge in [0, 0.05) is 10.6 Å². The number of aryl methyl sites for hydroxylation is 1. The van der Waals surface area contributed by atoms with Crippen LogP contribution in [0.15, 0.2) is 84.0 Å². The maximum absolute atomic E-state index is 12.8. The van der Waals surface area contributed by atoms with E-state index in [4.69, 9.17) is 32.7 Å². The van der Waals surface area contributed by atoms with Gasteiger partial charge in [-0.25, -0.2) is 10.2 Å². The van der Waals surface area contributed by atoms with Gasteiger partial charge in [-0.1, -0.05) is 72.6 Å². The molecule has 1 N–H and O–H groups in total. The fraction of sp³-hybridized carbons (Fsp3) is 0.107. The number of nitrogens with one attached hydrogen (secondary N) is 1. The largest absolute Gasteiger partial charge is 0.484 e. The van der Waals surface area contributed by atoms with Crippen molar-refractivity contribution in [2.45, 2.75) is 13.3 Å². The molecule has 4 aromatic rings. The molecule has 36 heavy (non-hydrogen) atoms. The average molecular weight is 521 g/mol. The van der Waals surface area contributed by atoms with E-state index in [9.17, 15) is 9.59 Å². The number of rotatable bonds is 8. The predicted molar refractivity (Wildman–Crippen MR) is 142 cm³/mol. The van der Waals surface area contributed by atoms with Gasteiger partial charge in [0.05, 0.1) is 16.8 Å². The van der Waals surface area contributed by atoms with Gasteiger partial charge in [0.15, 0.2) is 6.61 Å². The number of halogens is 2. The molecule has 0 saturated carbocycles. The SMILES string of the molecule is CCc1ccc(OCC(=O)NN=Cc2c(OC(=O)c3ccc(Cl)cc3Cl)ccc3ccccc23)cc1. The maximum atomic E-state index is 12.8. The highest BCUT2D eigenvalue weighted by Gasteiger charge is 2.16. The number of benzene rings is 4. The highest BCUT2D eigenvalue weighted by Crippen LogP contribution is 2.29. The first kappa shape index (κ1) is 25.2. The molecule has 0 aliphatic carbocycles. The molecular formula is C28H22Cl2N2O4. The number of nitrogens with zero attached hydrogens (tertiary/aromatic N) is 1. The molecule has 0 saturated heterocycles. The van der Waals surface area contributed by atoms with Gasteiger partial charge in [-0.15, -0.1) is 0 Å². The zero-order chi connectivity index (χ0) is 25.5. The van der Waals surface area contributed by atoms with Gasteiger partial charge in [0.25, 0.3) is 5.91 Å². The van der Waals surface area contributed by atoms with Gasteiger partial charge >= 0.3 is 5.97 Å². The second kappa shape index (κ2) is 11.7. The Morgan fingerprint density at radius 2 is 1.75 bits per heavy atom. The molecule has 0 atom stereocenters. The summed E-state index contributed by atoms with van der Waals surface area (Å²) in [7, 11) is 0. The van der Waals surface area contributed by atoms with E-state index in [1.807, 2.05) is 54.6 Å². The van der Waals surface area contributed by atoms with Crippen LogP contribution in [0.2, 0.25) is 10.0 Å². The number of carbonyl (C=O) groups excluding carboxylic acids is 2.